The summed E-state index contributed by atoms with van der Waals surface area (Å²) < 4.78 is 0. The molecule has 1 atom stereocenters. The molecule has 0 radical (unpaired) electrons. The number of carbonyl (C=O) groups excluding carboxylic acids is 2. The maximum Gasteiger partial charge on any atom is 0.243 e. The normalized spacial score (nSPS) is 14.6. The van der Waals surface area contributed by atoms with E-state index in [1.54, 1.807) is 4.90 Å². The van der Waals surface area contributed by atoms with E-state index in [1.807, 2.05) is 73.7 Å². The van der Waals surface area contributed by atoms with Crippen LogP contribution in [-0.2, 0) is 29.0 Å². The van der Waals surface area contributed by atoms with Gasteiger partial charge in [0.25, 0.3) is 0 Å². The van der Waals surface area contributed by atoms with Gasteiger partial charge in [0, 0.05) is 30.5 Å². The Balaban J connectivity index is 1.61. The third-order valence-electron chi connectivity index (χ3n) is 7.26. The molecule has 0 aromatic heterocycles. The van der Waals surface area contributed by atoms with Gasteiger partial charge < -0.3 is 10.2 Å². The molecule has 194 valence electrons. The van der Waals surface area contributed by atoms with E-state index in [-0.39, 0.29) is 24.3 Å². The molecular weight excluding hydrogens is 480 g/mol. The number of carbonyl (C=O) groups is 2. The minimum absolute atomic E-state index is 0.0415. The Morgan fingerprint density at radius 3 is 2.27 bits per heavy atom. The summed E-state index contributed by atoms with van der Waals surface area (Å²) in [6, 6.07) is 25.4. The predicted octanol–water partition coefficient (Wildman–Crippen LogP) is 6.67. The lowest BCUT2D eigenvalue weighted by molar-refractivity contribution is -0.141. The van der Waals surface area contributed by atoms with E-state index >= 15 is 0 Å². The van der Waals surface area contributed by atoms with Gasteiger partial charge in [-0.15, -0.1) is 0 Å². The van der Waals surface area contributed by atoms with Crippen molar-refractivity contribution in [3.8, 4) is 0 Å². The highest BCUT2D eigenvalue weighted by Crippen LogP contribution is 2.22. The zero-order chi connectivity index (χ0) is 26.0. The SMILES string of the molecule is Cc1ccc(CN(C(=O)CCc2ccccc2Cl)[C@H](Cc2ccccc2)C(=O)NC2CCCCC2)cc1. The van der Waals surface area contributed by atoms with Crippen molar-refractivity contribution in [3.63, 3.8) is 0 Å². The second kappa shape index (κ2) is 13.4. The van der Waals surface area contributed by atoms with Crippen molar-refractivity contribution in [1.29, 1.82) is 0 Å². The van der Waals surface area contributed by atoms with Crippen LogP contribution in [0.25, 0.3) is 0 Å². The number of hydrogen-bond acceptors (Lipinski definition) is 2. The molecule has 1 aliphatic rings. The Morgan fingerprint density at radius 1 is 0.892 bits per heavy atom. The van der Waals surface area contributed by atoms with Crippen molar-refractivity contribution in [2.24, 2.45) is 0 Å². The molecule has 4 rings (SSSR count). The fraction of sp³-hybridized carbons (Fsp3) is 0.375. The maximum absolute atomic E-state index is 13.8. The molecule has 1 fully saturated rings. The van der Waals surface area contributed by atoms with Gasteiger partial charge in [-0.3, -0.25) is 9.59 Å². The van der Waals surface area contributed by atoms with Gasteiger partial charge in [0.1, 0.15) is 6.04 Å². The first-order chi connectivity index (χ1) is 18.0. The molecule has 3 aromatic carbocycles. The summed E-state index contributed by atoms with van der Waals surface area (Å²) >= 11 is 6.37. The van der Waals surface area contributed by atoms with Crippen LogP contribution in [0.2, 0.25) is 5.02 Å². The van der Waals surface area contributed by atoms with E-state index in [4.69, 9.17) is 11.6 Å². The molecular formula is C32H37ClN2O2. The highest BCUT2D eigenvalue weighted by Gasteiger charge is 2.31. The first-order valence-electron chi connectivity index (χ1n) is 13.4. The van der Waals surface area contributed by atoms with Crippen LogP contribution in [0, 0.1) is 6.92 Å². The molecule has 1 aliphatic carbocycles. The lowest BCUT2D eigenvalue weighted by Gasteiger charge is -2.33. The molecule has 1 N–H and O–H groups in total. The summed E-state index contributed by atoms with van der Waals surface area (Å²) in [7, 11) is 0. The van der Waals surface area contributed by atoms with Crippen molar-refractivity contribution >= 4 is 23.4 Å². The quantitative estimate of drug-likeness (QED) is 0.327. The van der Waals surface area contributed by atoms with Gasteiger partial charge in [0.2, 0.25) is 11.8 Å². The van der Waals surface area contributed by atoms with Crippen molar-refractivity contribution < 1.29 is 9.59 Å². The third-order valence-corrected chi connectivity index (χ3v) is 7.63. The molecule has 0 aliphatic heterocycles. The fourth-order valence-electron chi connectivity index (χ4n) is 5.07. The van der Waals surface area contributed by atoms with Gasteiger partial charge in [0.15, 0.2) is 0 Å². The Labute approximate surface area is 226 Å². The number of hydrogen-bond donors (Lipinski definition) is 1. The van der Waals surface area contributed by atoms with E-state index in [0.29, 0.717) is 24.4 Å². The molecule has 0 spiro atoms. The van der Waals surface area contributed by atoms with Gasteiger partial charge in [-0.2, -0.15) is 0 Å². The fourth-order valence-corrected chi connectivity index (χ4v) is 5.31. The molecule has 0 saturated heterocycles. The van der Waals surface area contributed by atoms with E-state index in [9.17, 15) is 9.59 Å². The highest BCUT2D eigenvalue weighted by molar-refractivity contribution is 6.31. The predicted molar refractivity (Wildman–Crippen MR) is 150 cm³/mol. The molecule has 0 bridgehead atoms. The summed E-state index contributed by atoms with van der Waals surface area (Å²) in [4.78, 5) is 29.4. The molecule has 2 amide bonds. The lowest BCUT2D eigenvalue weighted by atomic mass is 9.94. The van der Waals surface area contributed by atoms with E-state index in [2.05, 4.69) is 17.4 Å². The van der Waals surface area contributed by atoms with Gasteiger partial charge in [-0.05, 0) is 48.9 Å². The number of amides is 2. The number of halogens is 1. The van der Waals surface area contributed by atoms with Gasteiger partial charge in [-0.1, -0.05) is 109 Å². The Hall–Kier alpha value is -3.11. The minimum atomic E-state index is -0.593. The average Bonchev–Trinajstić information content (AvgIpc) is 2.92. The van der Waals surface area contributed by atoms with Crippen LogP contribution in [0.1, 0.15) is 60.8 Å². The van der Waals surface area contributed by atoms with Crippen molar-refractivity contribution in [3.05, 3.63) is 106 Å². The largest absolute Gasteiger partial charge is 0.352 e. The maximum atomic E-state index is 13.8. The number of nitrogens with one attached hydrogen (secondary N) is 1. The molecule has 37 heavy (non-hydrogen) atoms. The van der Waals surface area contributed by atoms with Crippen LogP contribution in [-0.4, -0.2) is 28.8 Å². The zero-order valence-electron chi connectivity index (χ0n) is 21.7. The van der Waals surface area contributed by atoms with Crippen LogP contribution in [0.5, 0.6) is 0 Å². The van der Waals surface area contributed by atoms with Crippen LogP contribution in [0.3, 0.4) is 0 Å². The summed E-state index contributed by atoms with van der Waals surface area (Å²) in [5, 5.41) is 3.96. The summed E-state index contributed by atoms with van der Waals surface area (Å²) in [5.41, 5.74) is 4.16. The second-order valence-corrected chi connectivity index (χ2v) is 10.6. The summed E-state index contributed by atoms with van der Waals surface area (Å²) in [5.74, 6) is -0.103. The van der Waals surface area contributed by atoms with E-state index < -0.39 is 6.04 Å². The molecule has 0 unspecified atom stereocenters. The second-order valence-electron chi connectivity index (χ2n) is 10.1. The number of nitrogens with zero attached hydrogens (tertiary/aromatic N) is 1. The van der Waals surface area contributed by atoms with E-state index in [0.717, 1.165) is 47.9 Å². The smallest absolute Gasteiger partial charge is 0.243 e. The van der Waals surface area contributed by atoms with Crippen LogP contribution >= 0.6 is 11.6 Å². The topological polar surface area (TPSA) is 49.4 Å². The van der Waals surface area contributed by atoms with E-state index in [1.165, 1.54) is 6.42 Å². The standard InChI is InChI=1S/C32H37ClN2O2/c1-24-16-18-26(19-17-24)23-35(31(36)21-20-27-12-8-9-15-29(27)33)30(22-25-10-4-2-5-11-25)32(37)34-28-13-6-3-7-14-28/h2,4-5,8-12,15-19,28,30H,3,6-7,13-14,20-23H2,1H3,(H,34,37)/t30-/m1/s1. The molecule has 5 heteroatoms. The monoisotopic (exact) mass is 516 g/mol. The van der Waals surface area contributed by atoms with Crippen molar-refractivity contribution in [2.75, 3.05) is 0 Å². The van der Waals surface area contributed by atoms with Gasteiger partial charge >= 0.3 is 0 Å². The Bertz CT molecular complexity index is 1160. The van der Waals surface area contributed by atoms with Crippen molar-refractivity contribution in [2.45, 2.75) is 76.9 Å². The first kappa shape index (κ1) is 26.9. The molecule has 3 aromatic rings. The summed E-state index contributed by atoms with van der Waals surface area (Å²) in [6.07, 6.45) is 6.80. The third kappa shape index (κ3) is 7.93. The number of aryl methyl sites for hydroxylation is 2. The average molecular weight is 517 g/mol. The first-order valence-corrected chi connectivity index (χ1v) is 13.8. The lowest BCUT2D eigenvalue weighted by Crippen LogP contribution is -2.52. The Morgan fingerprint density at radius 2 is 1.57 bits per heavy atom. The van der Waals surface area contributed by atoms with Crippen molar-refractivity contribution in [1.82, 2.24) is 10.2 Å². The zero-order valence-corrected chi connectivity index (χ0v) is 22.4. The Kier molecular flexibility index (Phi) is 9.78. The molecule has 4 nitrogen and oxygen atoms in total. The molecule has 0 heterocycles. The van der Waals surface area contributed by atoms with Crippen LogP contribution in [0.4, 0.5) is 0 Å². The van der Waals surface area contributed by atoms with Crippen LogP contribution < -0.4 is 5.32 Å². The molecule has 1 saturated carbocycles. The van der Waals surface area contributed by atoms with Gasteiger partial charge in [0.05, 0.1) is 0 Å². The van der Waals surface area contributed by atoms with Gasteiger partial charge in [-0.25, -0.2) is 0 Å². The van der Waals surface area contributed by atoms with Crippen LogP contribution in [0.15, 0.2) is 78.9 Å². The highest BCUT2D eigenvalue weighted by atomic mass is 35.5. The minimum Gasteiger partial charge on any atom is -0.352 e. The number of benzene rings is 3. The number of rotatable bonds is 10. The summed E-state index contributed by atoms with van der Waals surface area (Å²) in [6.45, 7) is 2.43.